The second-order valence-corrected chi connectivity index (χ2v) is 4.55. The summed E-state index contributed by atoms with van der Waals surface area (Å²) in [5, 5.41) is 2.62. The van der Waals surface area contributed by atoms with Crippen molar-refractivity contribution in [3.8, 4) is 0 Å². The number of amides is 1. The predicted molar refractivity (Wildman–Crippen MR) is 58.3 cm³/mol. The number of halogens is 1. The summed E-state index contributed by atoms with van der Waals surface area (Å²) in [6.07, 6.45) is 0.895. The highest BCUT2D eigenvalue weighted by molar-refractivity contribution is 7.99. The molecule has 1 aliphatic heterocycles. The minimum atomic E-state index is -0.575. The number of pyridine rings is 1. The van der Waals surface area contributed by atoms with E-state index in [1.807, 2.05) is 0 Å². The fraction of sp³-hybridized carbons (Fsp3) is 0.400. The van der Waals surface area contributed by atoms with Crippen LogP contribution in [0.4, 0.5) is 10.2 Å². The monoisotopic (exact) mass is 226 g/mol. The molecule has 1 amide bonds. The van der Waals surface area contributed by atoms with Crippen molar-refractivity contribution in [2.75, 3.05) is 16.8 Å². The molecule has 0 radical (unpaired) electrons. The van der Waals surface area contributed by atoms with Gasteiger partial charge in [-0.3, -0.25) is 4.79 Å². The van der Waals surface area contributed by atoms with Crippen LogP contribution in [0.2, 0.25) is 0 Å². The van der Waals surface area contributed by atoms with Crippen LogP contribution in [-0.2, 0) is 4.79 Å². The van der Waals surface area contributed by atoms with Gasteiger partial charge in [-0.15, -0.1) is 0 Å². The van der Waals surface area contributed by atoms with Crippen LogP contribution in [0.1, 0.15) is 6.42 Å². The van der Waals surface area contributed by atoms with Gasteiger partial charge in [-0.25, -0.2) is 4.98 Å². The molecule has 1 aromatic heterocycles. The molecule has 80 valence electrons. The zero-order chi connectivity index (χ0) is 10.7. The van der Waals surface area contributed by atoms with Gasteiger partial charge in [0.2, 0.25) is 11.9 Å². The van der Waals surface area contributed by atoms with Gasteiger partial charge in [-0.05, 0) is 24.3 Å². The summed E-state index contributed by atoms with van der Waals surface area (Å²) in [6, 6.07) is 4.37. The highest BCUT2D eigenvalue weighted by atomic mass is 32.2. The van der Waals surface area contributed by atoms with Crippen LogP contribution < -0.4 is 5.32 Å². The van der Waals surface area contributed by atoms with Crippen molar-refractivity contribution < 1.29 is 9.18 Å². The van der Waals surface area contributed by atoms with E-state index in [9.17, 15) is 9.18 Å². The second-order valence-electron chi connectivity index (χ2n) is 3.40. The molecular weight excluding hydrogens is 215 g/mol. The topological polar surface area (TPSA) is 42.0 Å². The molecule has 2 heterocycles. The number of carbonyl (C=O) groups excluding carboxylic acids is 1. The van der Waals surface area contributed by atoms with Crippen molar-refractivity contribution in [1.29, 1.82) is 0 Å². The Morgan fingerprint density at radius 1 is 1.60 bits per heavy atom. The Morgan fingerprint density at radius 3 is 3.13 bits per heavy atom. The Balaban J connectivity index is 1.99. The van der Waals surface area contributed by atoms with Crippen molar-refractivity contribution in [1.82, 2.24) is 4.98 Å². The first kappa shape index (κ1) is 10.4. The maximum absolute atomic E-state index is 12.7. The summed E-state index contributed by atoms with van der Waals surface area (Å²) < 4.78 is 12.7. The molecule has 1 unspecified atom stereocenters. The van der Waals surface area contributed by atoms with E-state index in [4.69, 9.17) is 0 Å². The molecule has 0 saturated carbocycles. The molecule has 1 aliphatic rings. The average Bonchev–Trinajstić information content (AvgIpc) is 2.70. The quantitative estimate of drug-likeness (QED) is 0.783. The van der Waals surface area contributed by atoms with E-state index in [2.05, 4.69) is 10.3 Å². The first-order valence-corrected chi connectivity index (χ1v) is 5.92. The Hall–Kier alpha value is -1.10. The van der Waals surface area contributed by atoms with E-state index in [0.717, 1.165) is 17.9 Å². The third kappa shape index (κ3) is 2.68. The van der Waals surface area contributed by atoms with Gasteiger partial charge in [-0.2, -0.15) is 16.2 Å². The first-order chi connectivity index (χ1) is 7.25. The lowest BCUT2D eigenvalue weighted by Crippen LogP contribution is -2.22. The summed E-state index contributed by atoms with van der Waals surface area (Å²) in [5.74, 6) is 1.57. The summed E-state index contributed by atoms with van der Waals surface area (Å²) in [7, 11) is 0. The fourth-order valence-corrected chi connectivity index (χ4v) is 2.67. The minimum Gasteiger partial charge on any atom is -0.310 e. The summed E-state index contributed by atoms with van der Waals surface area (Å²) >= 11 is 1.77. The van der Waals surface area contributed by atoms with E-state index in [1.54, 1.807) is 17.8 Å². The molecule has 15 heavy (non-hydrogen) atoms. The molecule has 1 aromatic rings. The van der Waals surface area contributed by atoms with Crippen molar-refractivity contribution in [2.45, 2.75) is 6.42 Å². The van der Waals surface area contributed by atoms with Crippen LogP contribution in [0.15, 0.2) is 18.2 Å². The maximum Gasteiger partial charge on any atom is 0.229 e. The van der Waals surface area contributed by atoms with Crippen LogP contribution in [-0.4, -0.2) is 22.4 Å². The van der Waals surface area contributed by atoms with Crippen molar-refractivity contribution in [3.05, 3.63) is 24.1 Å². The SMILES string of the molecule is O=C(Nc1cccc(F)n1)C1CCSC1. The molecule has 1 N–H and O–H groups in total. The van der Waals surface area contributed by atoms with Gasteiger partial charge in [0.15, 0.2) is 0 Å². The molecule has 1 atom stereocenters. The zero-order valence-corrected chi connectivity index (χ0v) is 8.89. The first-order valence-electron chi connectivity index (χ1n) is 4.77. The molecule has 0 aliphatic carbocycles. The molecule has 0 bridgehead atoms. The largest absolute Gasteiger partial charge is 0.310 e. The predicted octanol–water partition coefficient (Wildman–Crippen LogP) is 1.91. The van der Waals surface area contributed by atoms with E-state index in [-0.39, 0.29) is 17.6 Å². The van der Waals surface area contributed by atoms with Crippen LogP contribution in [0, 0.1) is 11.9 Å². The molecule has 2 rings (SSSR count). The Kier molecular flexibility index (Phi) is 3.20. The number of nitrogens with one attached hydrogen (secondary N) is 1. The van der Waals surface area contributed by atoms with Gasteiger partial charge >= 0.3 is 0 Å². The number of carbonyl (C=O) groups is 1. The lowest BCUT2D eigenvalue weighted by atomic mass is 10.1. The third-order valence-electron chi connectivity index (χ3n) is 2.27. The van der Waals surface area contributed by atoms with Crippen LogP contribution >= 0.6 is 11.8 Å². The minimum absolute atomic E-state index is 0.0417. The van der Waals surface area contributed by atoms with Crippen LogP contribution in [0.3, 0.4) is 0 Å². The number of anilines is 1. The summed E-state index contributed by atoms with van der Waals surface area (Å²) in [4.78, 5) is 15.2. The molecular formula is C10H11FN2OS. The van der Waals surface area contributed by atoms with Gasteiger partial charge in [0.25, 0.3) is 0 Å². The van der Waals surface area contributed by atoms with Crippen LogP contribution in [0.25, 0.3) is 0 Å². The van der Waals surface area contributed by atoms with Gasteiger partial charge in [0.1, 0.15) is 5.82 Å². The lowest BCUT2D eigenvalue weighted by molar-refractivity contribution is -0.119. The average molecular weight is 226 g/mol. The number of hydrogen-bond acceptors (Lipinski definition) is 3. The Bertz CT molecular complexity index is 366. The lowest BCUT2D eigenvalue weighted by Gasteiger charge is -2.08. The fourth-order valence-electron chi connectivity index (χ4n) is 1.45. The molecule has 0 aromatic carbocycles. The molecule has 1 fully saturated rings. The number of rotatable bonds is 2. The van der Waals surface area contributed by atoms with E-state index >= 15 is 0 Å². The number of thioether (sulfide) groups is 1. The highest BCUT2D eigenvalue weighted by Crippen LogP contribution is 2.24. The van der Waals surface area contributed by atoms with Gasteiger partial charge in [-0.1, -0.05) is 6.07 Å². The number of hydrogen-bond donors (Lipinski definition) is 1. The van der Waals surface area contributed by atoms with E-state index < -0.39 is 5.95 Å². The Labute approximate surface area is 91.5 Å². The van der Waals surface area contributed by atoms with Crippen molar-refractivity contribution in [2.24, 2.45) is 5.92 Å². The highest BCUT2D eigenvalue weighted by Gasteiger charge is 2.23. The zero-order valence-electron chi connectivity index (χ0n) is 8.07. The molecule has 1 saturated heterocycles. The molecule has 3 nitrogen and oxygen atoms in total. The van der Waals surface area contributed by atoms with Crippen LogP contribution in [0.5, 0.6) is 0 Å². The smallest absolute Gasteiger partial charge is 0.229 e. The maximum atomic E-state index is 12.7. The van der Waals surface area contributed by atoms with Gasteiger partial charge in [0, 0.05) is 11.7 Å². The third-order valence-corrected chi connectivity index (χ3v) is 3.43. The normalized spacial score (nSPS) is 20.2. The standard InChI is InChI=1S/C10H11FN2OS/c11-8-2-1-3-9(12-8)13-10(14)7-4-5-15-6-7/h1-3,7H,4-6H2,(H,12,13,14). The van der Waals surface area contributed by atoms with Crippen molar-refractivity contribution >= 4 is 23.5 Å². The van der Waals surface area contributed by atoms with E-state index in [0.29, 0.717) is 0 Å². The Morgan fingerprint density at radius 2 is 2.47 bits per heavy atom. The van der Waals surface area contributed by atoms with Crippen molar-refractivity contribution in [3.63, 3.8) is 0 Å². The van der Waals surface area contributed by atoms with Gasteiger partial charge < -0.3 is 5.32 Å². The number of nitrogens with zero attached hydrogens (tertiary/aromatic N) is 1. The summed E-state index contributed by atoms with van der Waals surface area (Å²) in [5.41, 5.74) is 0. The second kappa shape index (κ2) is 4.61. The molecule has 0 spiro atoms. The molecule has 5 heteroatoms. The summed E-state index contributed by atoms with van der Waals surface area (Å²) in [6.45, 7) is 0. The van der Waals surface area contributed by atoms with E-state index in [1.165, 1.54) is 12.1 Å². The van der Waals surface area contributed by atoms with Gasteiger partial charge in [0.05, 0.1) is 0 Å². The number of aromatic nitrogens is 1.